The molecule has 3 heteroatoms. The zero-order chi connectivity index (χ0) is 12.5. The van der Waals surface area contributed by atoms with Gasteiger partial charge in [0.15, 0.2) is 0 Å². The Labute approximate surface area is 125 Å². The lowest BCUT2D eigenvalue weighted by Crippen LogP contribution is -1.98. The summed E-state index contributed by atoms with van der Waals surface area (Å²) in [5.41, 5.74) is 2.39. The van der Waals surface area contributed by atoms with Gasteiger partial charge in [0.1, 0.15) is 0 Å². The topological polar surface area (TPSA) is 4.93 Å². The summed E-state index contributed by atoms with van der Waals surface area (Å²) in [6.07, 6.45) is 2.09. The second-order valence-electron chi connectivity index (χ2n) is 4.25. The maximum Gasteiger partial charge on any atom is 0.0672 e. The quantitative estimate of drug-likeness (QED) is 0.565. The highest BCUT2D eigenvalue weighted by molar-refractivity contribution is 14.1. The van der Waals surface area contributed by atoms with Gasteiger partial charge in [-0.15, -0.1) is 0 Å². The molecule has 0 aliphatic rings. The van der Waals surface area contributed by atoms with Crippen LogP contribution in [0.5, 0.6) is 0 Å². The van der Waals surface area contributed by atoms with E-state index in [2.05, 4.69) is 69.8 Å². The molecule has 3 aromatic rings. The van der Waals surface area contributed by atoms with Crippen molar-refractivity contribution in [3.05, 3.63) is 68.9 Å². The molecule has 2 aromatic carbocycles. The van der Waals surface area contributed by atoms with Gasteiger partial charge in [0.25, 0.3) is 0 Å². The molecular weight excluding hydrogens is 357 g/mol. The Morgan fingerprint density at radius 2 is 1.78 bits per heavy atom. The fraction of sp³-hybridized carbons (Fsp3) is 0.0667. The minimum absolute atomic E-state index is 0.808. The highest BCUT2D eigenvalue weighted by atomic mass is 127. The number of nitrogens with zero attached hydrogens (tertiary/aromatic N) is 1. The summed E-state index contributed by atoms with van der Waals surface area (Å²) in [7, 11) is 0. The number of hydrogen-bond acceptors (Lipinski definition) is 0. The van der Waals surface area contributed by atoms with E-state index in [0.29, 0.717) is 0 Å². The van der Waals surface area contributed by atoms with Crippen molar-refractivity contribution in [2.75, 3.05) is 0 Å². The van der Waals surface area contributed by atoms with Crippen LogP contribution in [0, 0.1) is 3.57 Å². The fourth-order valence-electron chi connectivity index (χ4n) is 2.13. The number of benzene rings is 2. The summed E-state index contributed by atoms with van der Waals surface area (Å²) in [5.74, 6) is 0. The van der Waals surface area contributed by atoms with Crippen LogP contribution in [0.3, 0.4) is 0 Å². The van der Waals surface area contributed by atoms with Crippen molar-refractivity contribution >= 4 is 45.1 Å². The summed E-state index contributed by atoms with van der Waals surface area (Å²) < 4.78 is 3.45. The number of para-hydroxylation sites is 1. The Balaban J connectivity index is 2.02. The molecule has 1 nitrogen and oxygen atoms in total. The average Bonchev–Trinajstić information content (AvgIpc) is 2.77. The van der Waals surface area contributed by atoms with Crippen molar-refractivity contribution in [1.82, 2.24) is 4.57 Å². The summed E-state index contributed by atoms with van der Waals surface area (Å²) in [6.45, 7) is 0.851. The van der Waals surface area contributed by atoms with E-state index < -0.39 is 0 Å². The maximum absolute atomic E-state index is 6.27. The van der Waals surface area contributed by atoms with Crippen molar-refractivity contribution in [3.63, 3.8) is 0 Å². The van der Waals surface area contributed by atoms with E-state index in [9.17, 15) is 0 Å². The summed E-state index contributed by atoms with van der Waals surface area (Å²) in [5, 5.41) is 2.00. The highest BCUT2D eigenvalue weighted by Crippen LogP contribution is 2.25. The van der Waals surface area contributed by atoms with Gasteiger partial charge in [-0.25, -0.2) is 0 Å². The third-order valence-corrected chi connectivity index (χ3v) is 4.03. The van der Waals surface area contributed by atoms with Crippen molar-refractivity contribution in [3.8, 4) is 0 Å². The van der Waals surface area contributed by atoms with Gasteiger partial charge in [-0.3, -0.25) is 0 Å². The first-order valence-electron chi connectivity index (χ1n) is 5.72. The van der Waals surface area contributed by atoms with Crippen LogP contribution in [0.25, 0.3) is 10.9 Å². The molecule has 0 saturated heterocycles. The molecule has 0 N–H and O–H groups in total. The van der Waals surface area contributed by atoms with E-state index in [0.717, 1.165) is 17.1 Å². The van der Waals surface area contributed by atoms with Gasteiger partial charge in [-0.1, -0.05) is 35.9 Å². The Bertz CT molecular complexity index is 685. The normalized spacial score (nSPS) is 11.0. The van der Waals surface area contributed by atoms with Gasteiger partial charge in [-0.2, -0.15) is 0 Å². The van der Waals surface area contributed by atoms with Gasteiger partial charge in [0.05, 0.1) is 10.5 Å². The zero-order valence-corrected chi connectivity index (χ0v) is 12.5. The predicted molar refractivity (Wildman–Crippen MR) is 85.2 cm³/mol. The van der Waals surface area contributed by atoms with Crippen molar-refractivity contribution in [2.45, 2.75) is 6.54 Å². The number of fused-ring (bicyclic) bond motifs is 1. The molecule has 90 valence electrons. The SMILES string of the molecule is Clc1cccc2ccn(Cc3ccc(I)cc3)c12. The lowest BCUT2D eigenvalue weighted by Gasteiger charge is -2.07. The van der Waals surface area contributed by atoms with Crippen LogP contribution < -0.4 is 0 Å². The predicted octanol–water partition coefficient (Wildman–Crippen LogP) is 4.95. The molecule has 1 aromatic heterocycles. The molecule has 0 unspecified atom stereocenters. The Hall–Kier alpha value is -1.000. The molecule has 3 rings (SSSR count). The van der Waals surface area contributed by atoms with Gasteiger partial charge in [-0.05, 0) is 52.4 Å². The van der Waals surface area contributed by atoms with Crippen molar-refractivity contribution in [2.24, 2.45) is 0 Å². The van der Waals surface area contributed by atoms with Crippen LogP contribution in [0.15, 0.2) is 54.7 Å². The Kier molecular flexibility index (Phi) is 3.31. The molecule has 0 atom stereocenters. The first-order chi connectivity index (χ1) is 8.74. The second-order valence-corrected chi connectivity index (χ2v) is 5.90. The third-order valence-electron chi connectivity index (χ3n) is 3.01. The van der Waals surface area contributed by atoms with E-state index in [1.165, 1.54) is 14.5 Å². The molecular formula is C15H11ClIN. The Morgan fingerprint density at radius 3 is 2.56 bits per heavy atom. The van der Waals surface area contributed by atoms with E-state index in [4.69, 9.17) is 11.6 Å². The first-order valence-corrected chi connectivity index (χ1v) is 7.17. The first kappa shape index (κ1) is 12.1. The molecule has 0 amide bonds. The number of rotatable bonds is 2. The fourth-order valence-corrected chi connectivity index (χ4v) is 2.78. The molecule has 1 heterocycles. The molecule has 0 saturated carbocycles. The lowest BCUT2D eigenvalue weighted by atomic mass is 10.2. The summed E-state index contributed by atoms with van der Waals surface area (Å²) >= 11 is 8.59. The molecule has 0 bridgehead atoms. The molecule has 0 aliphatic carbocycles. The molecule has 18 heavy (non-hydrogen) atoms. The van der Waals surface area contributed by atoms with Crippen LogP contribution in [0.4, 0.5) is 0 Å². The van der Waals surface area contributed by atoms with Crippen LogP contribution in [0.1, 0.15) is 5.56 Å². The van der Waals surface area contributed by atoms with Gasteiger partial charge in [0, 0.05) is 21.7 Å². The largest absolute Gasteiger partial charge is 0.342 e. The minimum atomic E-state index is 0.808. The van der Waals surface area contributed by atoms with E-state index in [-0.39, 0.29) is 0 Å². The lowest BCUT2D eigenvalue weighted by molar-refractivity contribution is 0.837. The molecule has 0 radical (unpaired) electrons. The smallest absolute Gasteiger partial charge is 0.0672 e. The number of halogens is 2. The van der Waals surface area contributed by atoms with Crippen LogP contribution >= 0.6 is 34.2 Å². The summed E-state index contributed by atoms with van der Waals surface area (Å²) in [6, 6.07) is 16.7. The summed E-state index contributed by atoms with van der Waals surface area (Å²) in [4.78, 5) is 0. The minimum Gasteiger partial charge on any atom is -0.342 e. The molecule has 0 fully saturated rings. The van der Waals surface area contributed by atoms with E-state index in [1.54, 1.807) is 0 Å². The van der Waals surface area contributed by atoms with Crippen LogP contribution in [-0.4, -0.2) is 4.57 Å². The molecule has 0 spiro atoms. The van der Waals surface area contributed by atoms with E-state index >= 15 is 0 Å². The van der Waals surface area contributed by atoms with E-state index in [1.807, 2.05) is 12.1 Å². The highest BCUT2D eigenvalue weighted by Gasteiger charge is 2.05. The standard InChI is InChI=1S/C15H11ClIN/c16-14-3-1-2-12-8-9-18(15(12)14)10-11-4-6-13(17)7-5-11/h1-9H,10H2. The monoisotopic (exact) mass is 367 g/mol. The van der Waals surface area contributed by atoms with Crippen LogP contribution in [-0.2, 0) is 6.54 Å². The van der Waals surface area contributed by atoms with Crippen LogP contribution in [0.2, 0.25) is 5.02 Å². The van der Waals surface area contributed by atoms with Crippen molar-refractivity contribution in [1.29, 1.82) is 0 Å². The average molecular weight is 368 g/mol. The van der Waals surface area contributed by atoms with Gasteiger partial charge < -0.3 is 4.57 Å². The maximum atomic E-state index is 6.27. The molecule has 0 aliphatic heterocycles. The Morgan fingerprint density at radius 1 is 1.00 bits per heavy atom. The zero-order valence-electron chi connectivity index (χ0n) is 9.61. The second kappa shape index (κ2) is 4.94. The van der Waals surface area contributed by atoms with Gasteiger partial charge >= 0.3 is 0 Å². The number of aromatic nitrogens is 1. The van der Waals surface area contributed by atoms with Crippen molar-refractivity contribution < 1.29 is 0 Å². The van der Waals surface area contributed by atoms with Gasteiger partial charge in [0.2, 0.25) is 0 Å². The number of hydrogen-bond donors (Lipinski definition) is 0. The third kappa shape index (κ3) is 2.27.